The van der Waals surface area contributed by atoms with Gasteiger partial charge in [0.05, 0.1) is 5.69 Å². The summed E-state index contributed by atoms with van der Waals surface area (Å²) in [6.07, 6.45) is 0. The number of para-hydroxylation sites is 2. The molecule has 0 fully saturated rings. The summed E-state index contributed by atoms with van der Waals surface area (Å²) >= 11 is 1.87. The zero-order chi connectivity index (χ0) is 44.4. The van der Waals surface area contributed by atoms with Gasteiger partial charge in [-0.2, -0.15) is 0 Å². The number of benzene rings is 10. The Morgan fingerprint density at radius 1 is 0.358 bits per heavy atom. The average molecular weight is 876 g/mol. The third kappa shape index (κ3) is 5.70. The van der Waals surface area contributed by atoms with E-state index in [9.17, 15) is 0 Å². The van der Waals surface area contributed by atoms with Gasteiger partial charge in [-0.25, -0.2) is 0 Å². The zero-order valence-corrected chi connectivity index (χ0v) is 37.7. The summed E-state index contributed by atoms with van der Waals surface area (Å²) in [7, 11) is 0. The van der Waals surface area contributed by atoms with Gasteiger partial charge < -0.3 is 13.7 Å². The number of rotatable bonds is 6. The molecule has 1 aliphatic rings. The van der Waals surface area contributed by atoms with E-state index >= 15 is 0 Å². The molecule has 3 heterocycles. The topological polar surface area (TPSA) is 29.5 Å². The molecule has 0 spiro atoms. The van der Waals surface area contributed by atoms with Gasteiger partial charge >= 0.3 is 0 Å². The van der Waals surface area contributed by atoms with Crippen LogP contribution >= 0.6 is 11.3 Å². The largest absolute Gasteiger partial charge is 0.456 e. The van der Waals surface area contributed by atoms with Crippen LogP contribution in [0, 0.1) is 0 Å². The molecule has 10 aromatic carbocycles. The Morgan fingerprint density at radius 3 is 1.49 bits per heavy atom. The van der Waals surface area contributed by atoms with E-state index in [1.807, 2.05) is 23.5 Å². The van der Waals surface area contributed by atoms with Gasteiger partial charge in [0, 0.05) is 64.1 Å². The van der Waals surface area contributed by atoms with Crippen molar-refractivity contribution in [3.8, 4) is 44.5 Å². The molecule has 13 aromatic rings. The highest BCUT2D eigenvalue weighted by atomic mass is 32.1. The molecular formula is C63H41NO2S. The monoisotopic (exact) mass is 875 g/mol. The Balaban J connectivity index is 1.01. The van der Waals surface area contributed by atoms with Crippen molar-refractivity contribution in [2.24, 2.45) is 0 Å². The summed E-state index contributed by atoms with van der Waals surface area (Å²) in [5, 5.41) is 7.10. The van der Waals surface area contributed by atoms with Gasteiger partial charge in [-0.1, -0.05) is 153 Å². The number of anilines is 3. The first-order valence-corrected chi connectivity index (χ1v) is 23.8. The average Bonchev–Trinajstić information content (AvgIpc) is 4.12. The molecule has 0 N–H and O–H groups in total. The molecule has 3 nitrogen and oxygen atoms in total. The van der Waals surface area contributed by atoms with E-state index in [1.165, 1.54) is 53.6 Å². The lowest BCUT2D eigenvalue weighted by Gasteiger charge is -2.31. The number of nitrogens with zero attached hydrogens (tertiary/aromatic N) is 1. The maximum atomic E-state index is 6.34. The Morgan fingerprint density at radius 2 is 0.851 bits per heavy atom. The molecule has 1 aliphatic carbocycles. The van der Waals surface area contributed by atoms with E-state index in [0.29, 0.717) is 0 Å². The summed E-state index contributed by atoms with van der Waals surface area (Å²) in [6, 6.07) is 77.4. The fraction of sp³-hybridized carbons (Fsp3) is 0.0476. The SMILES string of the molecule is CC1(C)c2ccccc2-c2cc(-c3cccc4sc5ccccc5c34)c(N(c3ccc(-c4cccc5oc6ccccc6c45)cc3)c3ccc(-c4cccc5oc6ccccc6c45)cc3)cc21. The first-order valence-electron chi connectivity index (χ1n) is 23.0. The van der Waals surface area contributed by atoms with Crippen LogP contribution in [0.15, 0.2) is 221 Å². The van der Waals surface area contributed by atoms with Gasteiger partial charge in [-0.05, 0) is 123 Å². The van der Waals surface area contributed by atoms with Crippen LogP contribution in [0.4, 0.5) is 17.1 Å². The summed E-state index contributed by atoms with van der Waals surface area (Å²) in [5.74, 6) is 0. The van der Waals surface area contributed by atoms with Crippen LogP contribution in [0.1, 0.15) is 25.0 Å². The normalized spacial score (nSPS) is 13.0. The third-order valence-electron chi connectivity index (χ3n) is 14.3. The molecule has 0 aliphatic heterocycles. The Bertz CT molecular complexity index is 3970. The number of fused-ring (bicyclic) bond motifs is 12. The lowest BCUT2D eigenvalue weighted by Crippen LogP contribution is -2.17. The summed E-state index contributed by atoms with van der Waals surface area (Å²) in [4.78, 5) is 2.48. The van der Waals surface area contributed by atoms with Crippen LogP contribution in [-0.2, 0) is 5.41 Å². The second-order valence-electron chi connectivity index (χ2n) is 18.3. The Labute approximate surface area is 391 Å². The van der Waals surface area contributed by atoms with Gasteiger partial charge in [-0.15, -0.1) is 11.3 Å². The van der Waals surface area contributed by atoms with Crippen molar-refractivity contribution in [1.29, 1.82) is 0 Å². The molecule has 4 heteroatoms. The van der Waals surface area contributed by atoms with Crippen molar-refractivity contribution < 1.29 is 8.83 Å². The predicted octanol–water partition coefficient (Wildman–Crippen LogP) is 18.6. The van der Waals surface area contributed by atoms with E-state index < -0.39 is 0 Å². The predicted molar refractivity (Wildman–Crippen MR) is 282 cm³/mol. The highest BCUT2D eigenvalue weighted by Crippen LogP contribution is 2.55. The quantitative estimate of drug-likeness (QED) is 0.167. The number of thiophene rings is 1. The molecule has 316 valence electrons. The van der Waals surface area contributed by atoms with Gasteiger partial charge in [0.1, 0.15) is 22.3 Å². The lowest BCUT2D eigenvalue weighted by molar-refractivity contribution is 0.660. The van der Waals surface area contributed by atoms with Crippen molar-refractivity contribution in [3.05, 3.63) is 223 Å². The zero-order valence-electron chi connectivity index (χ0n) is 36.9. The van der Waals surface area contributed by atoms with Crippen LogP contribution in [0.3, 0.4) is 0 Å². The molecule has 0 saturated heterocycles. The smallest absolute Gasteiger partial charge is 0.136 e. The minimum absolute atomic E-state index is 0.211. The van der Waals surface area contributed by atoms with Crippen molar-refractivity contribution in [3.63, 3.8) is 0 Å². The molecule has 14 rings (SSSR count). The van der Waals surface area contributed by atoms with Gasteiger partial charge in [-0.3, -0.25) is 0 Å². The fourth-order valence-electron chi connectivity index (χ4n) is 11.2. The maximum Gasteiger partial charge on any atom is 0.136 e. The second kappa shape index (κ2) is 14.4. The third-order valence-corrected chi connectivity index (χ3v) is 15.4. The first-order chi connectivity index (χ1) is 33.0. The van der Waals surface area contributed by atoms with Crippen molar-refractivity contribution in [2.75, 3.05) is 4.90 Å². The van der Waals surface area contributed by atoms with E-state index in [4.69, 9.17) is 8.83 Å². The molecule has 0 atom stereocenters. The Hall–Kier alpha value is -8.18. The van der Waals surface area contributed by atoms with Crippen molar-refractivity contribution >= 4 is 92.4 Å². The maximum absolute atomic E-state index is 6.34. The molecule has 3 aromatic heterocycles. The summed E-state index contributed by atoms with van der Waals surface area (Å²) in [5.41, 5.74) is 18.9. The molecule has 0 radical (unpaired) electrons. The first kappa shape index (κ1) is 38.1. The van der Waals surface area contributed by atoms with Gasteiger partial charge in [0.2, 0.25) is 0 Å². The standard InChI is InChI=1S/C63H41NO2S/c1-63(2)51-21-7-3-14-44(51)49-36-50(45-20-13-27-59-62(45)48-17-6-10-26-58(48)67-59)53(37-52(49)63)64(40-32-28-38(29-33-40)42-18-11-24-56-60(42)46-15-4-8-22-54(46)65-56)41-34-30-39(31-35-41)43-19-12-25-57-61(43)47-16-5-9-23-55(47)66-57/h3-37H,1-2H3. The minimum atomic E-state index is -0.211. The minimum Gasteiger partial charge on any atom is -0.456 e. The summed E-state index contributed by atoms with van der Waals surface area (Å²) in [6.45, 7) is 4.75. The van der Waals surface area contributed by atoms with Crippen LogP contribution in [0.25, 0.3) is 109 Å². The van der Waals surface area contributed by atoms with Gasteiger partial charge in [0.15, 0.2) is 0 Å². The Kier molecular flexibility index (Phi) is 8.20. The van der Waals surface area contributed by atoms with E-state index in [1.54, 1.807) is 0 Å². The van der Waals surface area contributed by atoms with Crippen LogP contribution < -0.4 is 4.90 Å². The fourth-order valence-corrected chi connectivity index (χ4v) is 12.3. The second-order valence-corrected chi connectivity index (χ2v) is 19.4. The van der Waals surface area contributed by atoms with Crippen molar-refractivity contribution in [1.82, 2.24) is 0 Å². The molecule has 0 unspecified atom stereocenters. The van der Waals surface area contributed by atoms with E-state index in [0.717, 1.165) is 83.2 Å². The molecule has 0 saturated carbocycles. The summed E-state index contributed by atoms with van der Waals surface area (Å²) < 4.78 is 15.3. The molecule has 0 bridgehead atoms. The number of hydrogen-bond donors (Lipinski definition) is 0. The highest BCUT2D eigenvalue weighted by Gasteiger charge is 2.37. The van der Waals surface area contributed by atoms with Crippen molar-refractivity contribution in [2.45, 2.75) is 19.3 Å². The molecule has 0 amide bonds. The van der Waals surface area contributed by atoms with Crippen LogP contribution in [-0.4, -0.2) is 0 Å². The van der Waals surface area contributed by atoms with Gasteiger partial charge in [0.25, 0.3) is 0 Å². The number of furan rings is 2. The van der Waals surface area contributed by atoms with Crippen LogP contribution in [0.2, 0.25) is 0 Å². The van der Waals surface area contributed by atoms with E-state index in [-0.39, 0.29) is 5.41 Å². The molecular weight excluding hydrogens is 835 g/mol. The lowest BCUT2D eigenvalue weighted by atomic mass is 9.81. The molecule has 67 heavy (non-hydrogen) atoms. The van der Waals surface area contributed by atoms with E-state index in [2.05, 4.69) is 219 Å². The highest BCUT2D eigenvalue weighted by molar-refractivity contribution is 7.25. The van der Waals surface area contributed by atoms with Crippen LogP contribution in [0.5, 0.6) is 0 Å². The number of hydrogen-bond acceptors (Lipinski definition) is 4.